The van der Waals surface area contributed by atoms with Crippen molar-refractivity contribution in [3.05, 3.63) is 27.8 Å². The summed E-state index contributed by atoms with van der Waals surface area (Å²) in [7, 11) is -4.24. The van der Waals surface area contributed by atoms with E-state index in [9.17, 15) is 14.4 Å². The largest absolute Gasteiger partial charge is 0.356 e. The molecule has 0 saturated carbocycles. The number of hydrogen-bond acceptors (Lipinski definition) is 1. The van der Waals surface area contributed by atoms with Crippen molar-refractivity contribution in [1.29, 1.82) is 0 Å². The second kappa shape index (κ2) is 4.89. The minimum Gasteiger partial charge on any atom is -0.321 e. The molecule has 0 aliphatic heterocycles. The van der Waals surface area contributed by atoms with E-state index in [1.165, 1.54) is 0 Å². The number of halogens is 1. The monoisotopic (exact) mass is 262 g/mol. The molecule has 16 heavy (non-hydrogen) atoms. The van der Waals surface area contributed by atoms with Crippen LogP contribution in [0.2, 0.25) is 5.02 Å². The molecule has 1 aromatic carbocycles. The van der Waals surface area contributed by atoms with Crippen molar-refractivity contribution in [2.75, 3.05) is 0 Å². The Morgan fingerprint density at radius 1 is 1.31 bits per heavy atom. The number of benzene rings is 1. The van der Waals surface area contributed by atoms with Gasteiger partial charge in [0.05, 0.1) is 5.30 Å². The first-order valence-electron chi connectivity index (χ1n) is 5.19. The van der Waals surface area contributed by atoms with Crippen molar-refractivity contribution in [2.24, 2.45) is 0 Å². The second-order valence-corrected chi connectivity index (χ2v) is 5.67. The third kappa shape index (κ3) is 2.49. The van der Waals surface area contributed by atoms with Crippen LogP contribution in [0, 0.1) is 6.92 Å². The number of aryl methyl sites for hydroxylation is 1. The first-order chi connectivity index (χ1) is 7.32. The van der Waals surface area contributed by atoms with Crippen LogP contribution in [0.1, 0.15) is 30.5 Å². The average Bonchev–Trinajstić information content (AvgIpc) is 2.20. The molecule has 0 aliphatic rings. The SMILES string of the molecule is CCc1cc(P(=O)(O)O)c(CC)c(Cl)c1C. The van der Waals surface area contributed by atoms with Gasteiger partial charge in [0.2, 0.25) is 0 Å². The Labute approximate surface area is 101 Å². The molecule has 1 rings (SSSR count). The molecule has 3 nitrogen and oxygen atoms in total. The van der Waals surface area contributed by atoms with Crippen LogP contribution in [0.4, 0.5) is 0 Å². The molecule has 0 unspecified atom stereocenters. The fraction of sp³-hybridized carbons (Fsp3) is 0.455. The van der Waals surface area contributed by atoms with Crippen LogP contribution in [0.15, 0.2) is 6.07 Å². The van der Waals surface area contributed by atoms with E-state index in [-0.39, 0.29) is 5.30 Å². The van der Waals surface area contributed by atoms with Gasteiger partial charge in [-0.25, -0.2) is 0 Å². The van der Waals surface area contributed by atoms with Gasteiger partial charge in [0.25, 0.3) is 0 Å². The van der Waals surface area contributed by atoms with Gasteiger partial charge in [0, 0.05) is 5.02 Å². The van der Waals surface area contributed by atoms with Crippen molar-refractivity contribution in [3.8, 4) is 0 Å². The maximum absolute atomic E-state index is 11.4. The first-order valence-corrected chi connectivity index (χ1v) is 7.18. The highest BCUT2D eigenvalue weighted by atomic mass is 35.5. The van der Waals surface area contributed by atoms with Crippen LogP contribution in [-0.4, -0.2) is 9.79 Å². The van der Waals surface area contributed by atoms with Gasteiger partial charge in [-0.1, -0.05) is 25.4 Å². The van der Waals surface area contributed by atoms with E-state index in [0.717, 1.165) is 11.1 Å². The summed E-state index contributed by atoms with van der Waals surface area (Å²) in [6, 6.07) is 1.58. The van der Waals surface area contributed by atoms with Crippen LogP contribution in [0.25, 0.3) is 0 Å². The van der Waals surface area contributed by atoms with Gasteiger partial charge in [0.15, 0.2) is 0 Å². The molecule has 0 aromatic heterocycles. The van der Waals surface area contributed by atoms with Crippen LogP contribution >= 0.6 is 19.2 Å². The molecule has 0 heterocycles. The highest BCUT2D eigenvalue weighted by Gasteiger charge is 2.24. The van der Waals surface area contributed by atoms with E-state index in [4.69, 9.17) is 11.6 Å². The highest BCUT2D eigenvalue weighted by Crippen LogP contribution is 2.38. The van der Waals surface area contributed by atoms with Gasteiger partial charge in [0.1, 0.15) is 0 Å². The van der Waals surface area contributed by atoms with E-state index in [1.54, 1.807) is 6.07 Å². The molecule has 0 saturated heterocycles. The van der Waals surface area contributed by atoms with Gasteiger partial charge in [-0.2, -0.15) is 0 Å². The summed E-state index contributed by atoms with van der Waals surface area (Å²) in [5.41, 5.74) is 2.36. The highest BCUT2D eigenvalue weighted by molar-refractivity contribution is 7.60. The fourth-order valence-electron chi connectivity index (χ4n) is 1.80. The zero-order valence-electron chi connectivity index (χ0n) is 9.62. The summed E-state index contributed by atoms with van der Waals surface area (Å²) >= 11 is 6.15. The summed E-state index contributed by atoms with van der Waals surface area (Å²) in [4.78, 5) is 18.6. The maximum atomic E-state index is 11.4. The Morgan fingerprint density at radius 2 is 1.88 bits per heavy atom. The third-order valence-corrected chi connectivity index (χ3v) is 4.28. The molecule has 2 N–H and O–H groups in total. The van der Waals surface area contributed by atoms with Crippen molar-refractivity contribution in [1.82, 2.24) is 0 Å². The predicted octanol–water partition coefficient (Wildman–Crippen LogP) is 2.58. The molecule has 0 fully saturated rings. The molecule has 0 spiro atoms. The van der Waals surface area contributed by atoms with E-state index >= 15 is 0 Å². The Hall–Kier alpha value is -0.340. The molecular formula is C11H16ClO3P. The predicted molar refractivity (Wildman–Crippen MR) is 66.6 cm³/mol. The summed E-state index contributed by atoms with van der Waals surface area (Å²) in [6.07, 6.45) is 1.23. The minimum absolute atomic E-state index is 0.0717. The number of rotatable bonds is 3. The lowest BCUT2D eigenvalue weighted by molar-refractivity contribution is 0.387. The molecule has 90 valence electrons. The van der Waals surface area contributed by atoms with Gasteiger partial charge < -0.3 is 9.79 Å². The van der Waals surface area contributed by atoms with Gasteiger partial charge in [-0.15, -0.1) is 0 Å². The van der Waals surface area contributed by atoms with Crippen molar-refractivity contribution in [2.45, 2.75) is 33.6 Å². The summed E-state index contributed by atoms with van der Waals surface area (Å²) in [5.74, 6) is 0. The van der Waals surface area contributed by atoms with Crippen molar-refractivity contribution < 1.29 is 14.4 Å². The van der Waals surface area contributed by atoms with E-state index < -0.39 is 7.60 Å². The van der Waals surface area contributed by atoms with Crippen LogP contribution in [0.3, 0.4) is 0 Å². The molecule has 0 amide bonds. The van der Waals surface area contributed by atoms with E-state index in [1.807, 2.05) is 20.8 Å². The normalized spacial score (nSPS) is 11.9. The standard InChI is InChI=1S/C11H16ClO3P/c1-4-8-6-10(16(13,14)15)9(5-2)11(12)7(8)3/h6H,4-5H2,1-3H3,(H2,13,14,15). The Bertz CT molecular complexity index is 451. The lowest BCUT2D eigenvalue weighted by Gasteiger charge is -2.16. The molecular weight excluding hydrogens is 247 g/mol. The van der Waals surface area contributed by atoms with Gasteiger partial charge >= 0.3 is 7.60 Å². The maximum Gasteiger partial charge on any atom is 0.356 e. The van der Waals surface area contributed by atoms with Crippen LogP contribution in [0.5, 0.6) is 0 Å². The zero-order chi connectivity index (χ0) is 12.5. The summed E-state index contributed by atoms with van der Waals surface area (Å²) < 4.78 is 11.4. The molecule has 0 atom stereocenters. The van der Waals surface area contributed by atoms with Crippen LogP contribution < -0.4 is 5.30 Å². The second-order valence-electron chi connectivity index (χ2n) is 3.72. The zero-order valence-corrected chi connectivity index (χ0v) is 11.3. The third-order valence-electron chi connectivity index (χ3n) is 2.74. The van der Waals surface area contributed by atoms with Crippen molar-refractivity contribution >= 4 is 24.5 Å². The smallest absolute Gasteiger partial charge is 0.321 e. The topological polar surface area (TPSA) is 57.5 Å². The molecule has 0 aliphatic carbocycles. The first kappa shape index (κ1) is 13.7. The van der Waals surface area contributed by atoms with Gasteiger partial charge in [-0.05, 0) is 42.5 Å². The molecule has 0 radical (unpaired) electrons. The van der Waals surface area contributed by atoms with E-state index in [2.05, 4.69) is 0 Å². The molecule has 0 bridgehead atoms. The Balaban J connectivity index is 3.61. The quantitative estimate of drug-likeness (QED) is 0.823. The van der Waals surface area contributed by atoms with Crippen molar-refractivity contribution in [3.63, 3.8) is 0 Å². The average molecular weight is 263 g/mol. The summed E-state index contributed by atoms with van der Waals surface area (Å²) in [6.45, 7) is 5.66. The Morgan fingerprint density at radius 3 is 2.25 bits per heavy atom. The minimum atomic E-state index is -4.24. The van der Waals surface area contributed by atoms with Crippen LogP contribution in [-0.2, 0) is 17.4 Å². The molecule has 5 heteroatoms. The fourth-order valence-corrected chi connectivity index (χ4v) is 3.17. The lowest BCUT2D eigenvalue weighted by Crippen LogP contribution is -2.14. The van der Waals surface area contributed by atoms with Gasteiger partial charge in [-0.3, -0.25) is 4.57 Å². The summed E-state index contributed by atoms with van der Waals surface area (Å²) in [5, 5.41) is 0.558. The Kier molecular flexibility index (Phi) is 4.19. The molecule has 1 aromatic rings. The lowest BCUT2D eigenvalue weighted by atomic mass is 10.0. The van der Waals surface area contributed by atoms with E-state index in [0.29, 0.717) is 23.4 Å². The number of hydrogen-bond donors (Lipinski definition) is 2.